The van der Waals surface area contributed by atoms with Crippen LogP contribution in [-0.2, 0) is 0 Å². The van der Waals surface area contributed by atoms with E-state index in [0.717, 1.165) is 3.43 Å². The molecule has 0 N–H and O–H groups in total. The first kappa shape index (κ1) is 8.89. The molecule has 1 fully saturated rings. The van der Waals surface area contributed by atoms with Crippen LogP contribution in [0.2, 0.25) is 13.3 Å². The second kappa shape index (κ2) is 3.46. The maximum absolute atomic E-state index is 2.58. The molecular weight excluding hydrogens is 227 g/mol. The fourth-order valence-electron chi connectivity index (χ4n) is 1.94. The molecule has 1 rings (SSSR count). The zero-order valence-corrected chi connectivity index (χ0v) is 10.9. The molecule has 1 aliphatic rings. The van der Waals surface area contributed by atoms with Gasteiger partial charge in [-0.3, -0.25) is 0 Å². The van der Waals surface area contributed by atoms with Gasteiger partial charge in [0.05, 0.1) is 0 Å². The van der Waals surface area contributed by atoms with Crippen molar-refractivity contribution in [2.75, 3.05) is 0 Å². The second-order valence-corrected chi connectivity index (χ2v) is 14.9. The third kappa shape index (κ3) is 1.90. The molecule has 0 unspecified atom stereocenters. The molecule has 0 nitrogen and oxygen atoms in total. The van der Waals surface area contributed by atoms with Gasteiger partial charge in [-0.25, -0.2) is 0 Å². The van der Waals surface area contributed by atoms with Crippen LogP contribution in [0.25, 0.3) is 0 Å². The molecule has 10 heavy (non-hydrogen) atoms. The molecule has 0 aromatic rings. The molecule has 1 heteroatoms. The Hall–Kier alpha value is 0.799. The zero-order valence-electron chi connectivity index (χ0n) is 7.61. The Kier molecular flexibility index (Phi) is 3.08. The van der Waals surface area contributed by atoms with E-state index in [1.165, 1.54) is 19.3 Å². The van der Waals surface area contributed by atoms with E-state index in [9.17, 15) is 0 Å². The predicted octanol–water partition coefficient (Wildman–Crippen LogP) is 3.20. The molecule has 0 saturated heterocycles. The molecule has 0 aromatic heterocycles. The quantitative estimate of drug-likeness (QED) is 0.624. The van der Waals surface area contributed by atoms with E-state index in [4.69, 9.17) is 0 Å². The first-order valence-corrected chi connectivity index (χ1v) is 12.9. The van der Waals surface area contributed by atoms with Crippen LogP contribution in [0.3, 0.4) is 0 Å². The minimum atomic E-state index is -1.01. The van der Waals surface area contributed by atoms with Crippen LogP contribution in [0.1, 0.15) is 39.0 Å². The van der Waals surface area contributed by atoms with Crippen molar-refractivity contribution in [1.29, 1.82) is 0 Å². The summed E-state index contributed by atoms with van der Waals surface area (Å²) in [4.78, 5) is 5.15. The summed E-state index contributed by atoms with van der Waals surface area (Å²) >= 11 is -1.01. The summed E-state index contributed by atoms with van der Waals surface area (Å²) in [5.74, 6) is 0. The third-order valence-electron chi connectivity index (χ3n) is 3.39. The van der Waals surface area contributed by atoms with Crippen molar-refractivity contribution < 1.29 is 0 Å². The summed E-state index contributed by atoms with van der Waals surface area (Å²) in [6.07, 6.45) is 7.66. The molecule has 0 atom stereocenters. The van der Waals surface area contributed by atoms with E-state index in [1.807, 2.05) is 0 Å². The van der Waals surface area contributed by atoms with Gasteiger partial charge in [0.2, 0.25) is 0 Å². The third-order valence-corrected chi connectivity index (χ3v) is 13.0. The topological polar surface area (TPSA) is 0 Å². The number of hydrogen-bond acceptors (Lipinski definition) is 0. The molecule has 0 spiro atoms. The summed E-state index contributed by atoms with van der Waals surface area (Å²) in [6.45, 7) is 2.55. The van der Waals surface area contributed by atoms with Gasteiger partial charge in [-0.15, -0.1) is 0 Å². The molecule has 0 bridgehead atoms. The van der Waals surface area contributed by atoms with Crippen molar-refractivity contribution in [1.82, 2.24) is 0 Å². The molecule has 60 valence electrons. The SMILES string of the molecule is [CH3][SnH]([CH3])[C]1(C)CCCCC1. The van der Waals surface area contributed by atoms with E-state index in [1.54, 1.807) is 12.8 Å². The van der Waals surface area contributed by atoms with Crippen molar-refractivity contribution in [2.45, 2.75) is 52.3 Å². The Labute approximate surface area is 72.1 Å². The summed E-state index contributed by atoms with van der Waals surface area (Å²) in [7, 11) is 0. The molecular formula is C9H20Sn. The Balaban J connectivity index is 2.48. The molecule has 0 radical (unpaired) electrons. The van der Waals surface area contributed by atoms with Gasteiger partial charge < -0.3 is 0 Å². The van der Waals surface area contributed by atoms with Gasteiger partial charge in [-0.2, -0.15) is 0 Å². The summed E-state index contributed by atoms with van der Waals surface area (Å²) in [5, 5.41) is 0. The van der Waals surface area contributed by atoms with Gasteiger partial charge in [0, 0.05) is 0 Å². The van der Waals surface area contributed by atoms with Gasteiger partial charge in [-0.1, -0.05) is 0 Å². The van der Waals surface area contributed by atoms with Gasteiger partial charge in [0.1, 0.15) is 0 Å². The molecule has 0 aromatic carbocycles. The minimum absolute atomic E-state index is 0.889. The van der Waals surface area contributed by atoms with Crippen molar-refractivity contribution in [3.63, 3.8) is 0 Å². The Morgan fingerprint density at radius 3 is 1.80 bits per heavy atom. The summed E-state index contributed by atoms with van der Waals surface area (Å²) < 4.78 is 0.889. The molecule has 0 heterocycles. The van der Waals surface area contributed by atoms with Crippen LogP contribution in [0, 0.1) is 0 Å². The van der Waals surface area contributed by atoms with Crippen molar-refractivity contribution in [2.24, 2.45) is 0 Å². The van der Waals surface area contributed by atoms with Crippen LogP contribution in [0.5, 0.6) is 0 Å². The first-order valence-electron chi connectivity index (χ1n) is 4.65. The van der Waals surface area contributed by atoms with E-state index in [0.29, 0.717) is 0 Å². The van der Waals surface area contributed by atoms with Gasteiger partial charge in [-0.05, 0) is 0 Å². The first-order chi connectivity index (χ1) is 4.65. The van der Waals surface area contributed by atoms with Crippen LogP contribution >= 0.6 is 0 Å². The summed E-state index contributed by atoms with van der Waals surface area (Å²) in [5.41, 5.74) is 0. The normalized spacial score (nSPS) is 25.2. The molecule has 1 aliphatic carbocycles. The Bertz CT molecular complexity index is 101. The predicted molar refractivity (Wildman–Crippen MR) is 50.3 cm³/mol. The van der Waals surface area contributed by atoms with E-state index < -0.39 is 19.8 Å². The number of rotatable bonds is 1. The van der Waals surface area contributed by atoms with Crippen LogP contribution < -0.4 is 0 Å². The standard InChI is InChI=1S/C7H13.2CH3.Sn.H/c1-7-5-3-2-4-6-7;;;;/h2-6H2,1H3;2*1H3;;. The summed E-state index contributed by atoms with van der Waals surface area (Å²) in [6, 6.07) is 0. The van der Waals surface area contributed by atoms with Crippen LogP contribution in [0.4, 0.5) is 0 Å². The van der Waals surface area contributed by atoms with Crippen molar-refractivity contribution in [3.8, 4) is 0 Å². The number of hydrogen-bond donors (Lipinski definition) is 0. The molecule has 0 aliphatic heterocycles. The van der Waals surface area contributed by atoms with E-state index in [-0.39, 0.29) is 0 Å². The monoisotopic (exact) mass is 248 g/mol. The Morgan fingerprint density at radius 1 is 1.00 bits per heavy atom. The van der Waals surface area contributed by atoms with Crippen molar-refractivity contribution in [3.05, 3.63) is 0 Å². The average Bonchev–Trinajstić information content (AvgIpc) is 1.89. The van der Waals surface area contributed by atoms with Gasteiger partial charge in [0.15, 0.2) is 0 Å². The molecule has 1 saturated carbocycles. The van der Waals surface area contributed by atoms with Crippen molar-refractivity contribution >= 4 is 19.8 Å². The second-order valence-electron chi connectivity index (χ2n) is 4.37. The fraction of sp³-hybridized carbons (Fsp3) is 1.00. The Morgan fingerprint density at radius 2 is 1.50 bits per heavy atom. The zero-order chi connectivity index (χ0) is 7.61. The average molecular weight is 247 g/mol. The van der Waals surface area contributed by atoms with Crippen LogP contribution in [0.15, 0.2) is 0 Å². The maximum atomic E-state index is 2.58. The van der Waals surface area contributed by atoms with E-state index in [2.05, 4.69) is 16.8 Å². The fourth-order valence-corrected chi connectivity index (χ4v) is 6.40. The van der Waals surface area contributed by atoms with Crippen LogP contribution in [-0.4, -0.2) is 19.8 Å². The molecule has 0 amide bonds. The van der Waals surface area contributed by atoms with E-state index >= 15 is 0 Å². The van der Waals surface area contributed by atoms with Gasteiger partial charge in [0.25, 0.3) is 0 Å². The van der Waals surface area contributed by atoms with Gasteiger partial charge >= 0.3 is 72.1 Å².